The smallest absolute Gasteiger partial charge is 0.305 e. The largest absolute Gasteiger partial charge is 0.481 e. The van der Waals surface area contributed by atoms with E-state index in [1.54, 1.807) is 11.8 Å². The molecule has 1 fully saturated rings. The van der Waals surface area contributed by atoms with Crippen LogP contribution in [-0.4, -0.2) is 52.2 Å². The maximum Gasteiger partial charge on any atom is 0.305 e. The van der Waals surface area contributed by atoms with Crippen LogP contribution >= 0.6 is 23.5 Å². The number of carboxylic acids is 1. The summed E-state index contributed by atoms with van der Waals surface area (Å²) >= 11 is 3.05. The molecule has 0 radical (unpaired) electrons. The summed E-state index contributed by atoms with van der Waals surface area (Å²) in [7, 11) is 0. The molecule has 23 heavy (non-hydrogen) atoms. The summed E-state index contributed by atoms with van der Waals surface area (Å²) < 4.78 is 0. The summed E-state index contributed by atoms with van der Waals surface area (Å²) in [5, 5.41) is 11.8. The van der Waals surface area contributed by atoms with E-state index >= 15 is 0 Å². The lowest BCUT2D eigenvalue weighted by Crippen LogP contribution is -2.40. The van der Waals surface area contributed by atoms with Gasteiger partial charge in [-0.15, -0.1) is 23.5 Å². The normalized spacial score (nSPS) is 15.5. The van der Waals surface area contributed by atoms with Crippen LogP contribution < -0.4 is 5.32 Å². The highest BCUT2D eigenvalue weighted by atomic mass is 32.2. The summed E-state index contributed by atoms with van der Waals surface area (Å²) in [5.74, 6) is -0.511. The monoisotopic (exact) mass is 354 g/mol. The average molecular weight is 354 g/mol. The minimum Gasteiger partial charge on any atom is -0.481 e. The molecule has 1 aliphatic rings. The Morgan fingerprint density at radius 3 is 2.61 bits per heavy atom. The Morgan fingerprint density at radius 2 is 2.09 bits per heavy atom. The predicted molar refractivity (Wildman–Crippen MR) is 90.4 cm³/mol. The molecule has 0 saturated carbocycles. The second-order valence-electron chi connectivity index (χ2n) is 5.06. The third-order valence-corrected chi connectivity index (χ3v) is 5.08. The fourth-order valence-corrected chi connectivity index (χ4v) is 3.53. The topological polar surface area (TPSA) is 86.7 Å². The zero-order chi connectivity index (χ0) is 16.8. The van der Waals surface area contributed by atoms with Crippen LogP contribution in [0.15, 0.2) is 29.2 Å². The van der Waals surface area contributed by atoms with Gasteiger partial charge in [0.1, 0.15) is 6.54 Å². The van der Waals surface area contributed by atoms with Crippen molar-refractivity contribution in [1.29, 1.82) is 0 Å². The van der Waals surface area contributed by atoms with Crippen LogP contribution in [-0.2, 0) is 14.4 Å². The van der Waals surface area contributed by atoms with Crippen molar-refractivity contribution < 1.29 is 19.5 Å². The molecule has 0 bridgehead atoms. The molecule has 8 heteroatoms. The molecule has 1 atom stereocenters. The molecule has 0 aromatic heterocycles. The van der Waals surface area contributed by atoms with Crippen molar-refractivity contribution in [1.82, 2.24) is 10.2 Å². The van der Waals surface area contributed by atoms with Crippen molar-refractivity contribution in [3.8, 4) is 0 Å². The van der Waals surface area contributed by atoms with Gasteiger partial charge in [0.05, 0.1) is 24.1 Å². The van der Waals surface area contributed by atoms with E-state index in [4.69, 9.17) is 5.11 Å². The van der Waals surface area contributed by atoms with Crippen molar-refractivity contribution in [2.75, 3.05) is 24.4 Å². The summed E-state index contributed by atoms with van der Waals surface area (Å²) in [4.78, 5) is 37.3. The van der Waals surface area contributed by atoms with Gasteiger partial charge in [-0.05, 0) is 24.0 Å². The van der Waals surface area contributed by atoms with Gasteiger partial charge in [0.25, 0.3) is 0 Å². The van der Waals surface area contributed by atoms with Crippen molar-refractivity contribution in [3.05, 3.63) is 29.8 Å². The van der Waals surface area contributed by atoms with Gasteiger partial charge in [-0.25, -0.2) is 0 Å². The Morgan fingerprint density at radius 1 is 1.39 bits per heavy atom. The standard InChI is InChI=1S/C15H18N2O4S2/c1-22-11-4-2-10(3-5-11)12(6-15(20)21)16-13(18)7-17-9-23-8-14(17)19/h2-5,12H,6-9H2,1H3,(H,16,18)(H,20,21). The first kappa shape index (κ1) is 17.7. The number of carbonyl (C=O) groups excluding carboxylic acids is 2. The van der Waals surface area contributed by atoms with Gasteiger partial charge >= 0.3 is 5.97 Å². The number of hydrogen-bond acceptors (Lipinski definition) is 5. The zero-order valence-corrected chi connectivity index (χ0v) is 14.3. The predicted octanol–water partition coefficient (Wildman–Crippen LogP) is 1.57. The van der Waals surface area contributed by atoms with Gasteiger partial charge in [0.15, 0.2) is 0 Å². The highest BCUT2D eigenvalue weighted by Crippen LogP contribution is 2.22. The Bertz CT molecular complexity index is 592. The van der Waals surface area contributed by atoms with Crippen LogP contribution in [0.3, 0.4) is 0 Å². The van der Waals surface area contributed by atoms with Crippen LogP contribution in [0.1, 0.15) is 18.0 Å². The molecule has 2 amide bonds. The lowest BCUT2D eigenvalue weighted by molar-refractivity contribution is -0.138. The van der Waals surface area contributed by atoms with E-state index in [0.29, 0.717) is 11.6 Å². The maximum absolute atomic E-state index is 12.1. The van der Waals surface area contributed by atoms with Crippen molar-refractivity contribution in [2.45, 2.75) is 17.4 Å². The molecule has 1 heterocycles. The minimum absolute atomic E-state index is 0.0369. The number of rotatable bonds is 7. The molecule has 124 valence electrons. The summed E-state index contributed by atoms with van der Waals surface area (Å²) in [6.07, 6.45) is 1.75. The molecule has 1 aliphatic heterocycles. The Kier molecular flexibility index (Phi) is 6.35. The number of aliphatic carboxylic acids is 1. The SMILES string of the molecule is CSc1ccc(C(CC(=O)O)NC(=O)CN2CSCC2=O)cc1. The lowest BCUT2D eigenvalue weighted by Gasteiger charge is -2.20. The third-order valence-electron chi connectivity index (χ3n) is 3.39. The Balaban J connectivity index is 2.03. The van der Waals surface area contributed by atoms with Crippen molar-refractivity contribution in [2.24, 2.45) is 0 Å². The summed E-state index contributed by atoms with van der Waals surface area (Å²) in [6, 6.07) is 6.80. The van der Waals surface area contributed by atoms with Crippen molar-refractivity contribution in [3.63, 3.8) is 0 Å². The second kappa shape index (κ2) is 8.26. The van der Waals surface area contributed by atoms with E-state index in [9.17, 15) is 14.4 Å². The quantitative estimate of drug-likeness (QED) is 0.723. The van der Waals surface area contributed by atoms with Crippen molar-refractivity contribution >= 4 is 41.3 Å². The van der Waals surface area contributed by atoms with E-state index in [1.165, 1.54) is 16.7 Å². The van der Waals surface area contributed by atoms with E-state index in [2.05, 4.69) is 5.32 Å². The molecular formula is C15H18N2O4S2. The van der Waals surface area contributed by atoms with Crippen LogP contribution in [0.5, 0.6) is 0 Å². The first-order valence-corrected chi connectivity index (χ1v) is 9.38. The highest BCUT2D eigenvalue weighted by Gasteiger charge is 2.25. The molecular weight excluding hydrogens is 336 g/mol. The number of nitrogens with zero attached hydrogens (tertiary/aromatic N) is 1. The van der Waals surface area contributed by atoms with Gasteiger partial charge in [-0.3, -0.25) is 14.4 Å². The Labute approximate surface area is 143 Å². The minimum atomic E-state index is -0.989. The zero-order valence-electron chi connectivity index (χ0n) is 12.7. The number of benzene rings is 1. The van der Waals surface area contributed by atoms with Crippen LogP contribution in [0.2, 0.25) is 0 Å². The maximum atomic E-state index is 12.1. The third kappa shape index (κ3) is 5.18. The van der Waals surface area contributed by atoms with E-state index in [-0.39, 0.29) is 24.8 Å². The molecule has 1 unspecified atom stereocenters. The first-order valence-electron chi connectivity index (χ1n) is 7.00. The fourth-order valence-electron chi connectivity index (χ4n) is 2.22. The molecule has 0 spiro atoms. The molecule has 6 nitrogen and oxygen atoms in total. The van der Waals surface area contributed by atoms with E-state index in [1.807, 2.05) is 30.5 Å². The van der Waals surface area contributed by atoms with Gasteiger partial charge in [-0.2, -0.15) is 0 Å². The number of thioether (sulfide) groups is 2. The van der Waals surface area contributed by atoms with Gasteiger partial charge in [0, 0.05) is 4.90 Å². The summed E-state index contributed by atoms with van der Waals surface area (Å²) in [5.41, 5.74) is 0.737. The molecule has 1 saturated heterocycles. The average Bonchev–Trinajstić information content (AvgIpc) is 2.91. The van der Waals surface area contributed by atoms with Gasteiger partial charge < -0.3 is 15.3 Å². The molecule has 1 aromatic carbocycles. The van der Waals surface area contributed by atoms with Crippen LogP contribution in [0, 0.1) is 0 Å². The number of nitrogens with one attached hydrogen (secondary N) is 1. The molecule has 0 aliphatic carbocycles. The lowest BCUT2D eigenvalue weighted by atomic mass is 10.0. The number of hydrogen-bond donors (Lipinski definition) is 2. The summed E-state index contributed by atoms with van der Waals surface area (Å²) in [6.45, 7) is -0.0369. The number of amides is 2. The first-order chi connectivity index (χ1) is 11.0. The molecule has 1 aromatic rings. The van der Waals surface area contributed by atoms with Gasteiger partial charge in [-0.1, -0.05) is 12.1 Å². The van der Waals surface area contributed by atoms with E-state index in [0.717, 1.165) is 10.5 Å². The Hall–Kier alpha value is -1.67. The highest BCUT2D eigenvalue weighted by molar-refractivity contribution is 8.00. The van der Waals surface area contributed by atoms with Crippen LogP contribution in [0.4, 0.5) is 0 Å². The van der Waals surface area contributed by atoms with Gasteiger partial charge in [0.2, 0.25) is 11.8 Å². The van der Waals surface area contributed by atoms with Crippen LogP contribution in [0.25, 0.3) is 0 Å². The second-order valence-corrected chi connectivity index (χ2v) is 6.90. The molecule has 2 N–H and O–H groups in total. The fraction of sp³-hybridized carbons (Fsp3) is 0.400. The number of carbonyl (C=O) groups is 3. The van der Waals surface area contributed by atoms with E-state index < -0.39 is 12.0 Å². The number of carboxylic acid groups (broad SMARTS) is 1. The molecule has 2 rings (SSSR count).